The van der Waals surface area contributed by atoms with Gasteiger partial charge in [0.2, 0.25) is 0 Å². The first-order valence-corrected chi connectivity index (χ1v) is 9.54. The highest BCUT2D eigenvalue weighted by molar-refractivity contribution is 6.04. The van der Waals surface area contributed by atoms with Crippen LogP contribution in [0.2, 0.25) is 0 Å². The number of aromatic nitrogens is 2. The van der Waals surface area contributed by atoms with E-state index in [9.17, 15) is 9.59 Å². The molecule has 0 aliphatic carbocycles. The zero-order chi connectivity index (χ0) is 19.5. The normalized spacial score (nSPS) is 15.1. The Morgan fingerprint density at radius 1 is 1.04 bits per heavy atom. The highest BCUT2D eigenvalue weighted by Crippen LogP contribution is 2.20. The molecule has 28 heavy (non-hydrogen) atoms. The number of aryl methyl sites for hydroxylation is 1. The average Bonchev–Trinajstić information content (AvgIpc) is 2.75. The van der Waals surface area contributed by atoms with Crippen LogP contribution < -0.4 is 5.56 Å². The SMILES string of the molecule is Cn1nc(C(=O)N2CCC(OCc3ccccc3)CC2)c2ccccc2c1=O. The smallest absolute Gasteiger partial charge is 0.274 e. The van der Waals surface area contributed by atoms with E-state index in [0.29, 0.717) is 36.2 Å². The minimum Gasteiger partial charge on any atom is -0.373 e. The van der Waals surface area contributed by atoms with Crippen LogP contribution in [0.15, 0.2) is 59.4 Å². The van der Waals surface area contributed by atoms with E-state index in [1.54, 1.807) is 25.2 Å². The molecule has 1 saturated heterocycles. The van der Waals surface area contributed by atoms with Gasteiger partial charge in [0.25, 0.3) is 11.5 Å². The first-order chi connectivity index (χ1) is 13.6. The summed E-state index contributed by atoms with van der Waals surface area (Å²) in [6, 6.07) is 17.2. The van der Waals surface area contributed by atoms with Gasteiger partial charge in [0.15, 0.2) is 5.69 Å². The van der Waals surface area contributed by atoms with E-state index < -0.39 is 0 Å². The number of hydrogen-bond acceptors (Lipinski definition) is 4. The van der Waals surface area contributed by atoms with E-state index in [1.807, 2.05) is 29.2 Å². The van der Waals surface area contributed by atoms with Crippen molar-refractivity contribution >= 4 is 16.7 Å². The number of ether oxygens (including phenoxy) is 1. The molecule has 1 amide bonds. The van der Waals surface area contributed by atoms with Gasteiger partial charge in [-0.1, -0.05) is 48.5 Å². The van der Waals surface area contributed by atoms with Crippen molar-refractivity contribution in [3.63, 3.8) is 0 Å². The Morgan fingerprint density at radius 2 is 1.68 bits per heavy atom. The van der Waals surface area contributed by atoms with Crippen LogP contribution in [0.4, 0.5) is 0 Å². The first kappa shape index (κ1) is 18.4. The van der Waals surface area contributed by atoms with E-state index in [-0.39, 0.29) is 17.6 Å². The molecule has 0 unspecified atom stereocenters. The van der Waals surface area contributed by atoms with Crippen LogP contribution in [0.3, 0.4) is 0 Å². The minimum absolute atomic E-state index is 0.131. The highest BCUT2D eigenvalue weighted by atomic mass is 16.5. The van der Waals surface area contributed by atoms with Crippen molar-refractivity contribution in [2.75, 3.05) is 13.1 Å². The molecule has 1 aliphatic heterocycles. The number of carbonyl (C=O) groups is 1. The molecule has 0 saturated carbocycles. The Kier molecular flexibility index (Phi) is 5.21. The summed E-state index contributed by atoms with van der Waals surface area (Å²) >= 11 is 0. The molecule has 0 radical (unpaired) electrons. The van der Waals surface area contributed by atoms with Crippen molar-refractivity contribution in [3.05, 3.63) is 76.2 Å². The number of carbonyl (C=O) groups excluding carboxylic acids is 1. The molecule has 1 aromatic heterocycles. The van der Waals surface area contributed by atoms with E-state index in [0.717, 1.165) is 18.4 Å². The molecule has 2 heterocycles. The standard InChI is InChI=1S/C22H23N3O3/c1-24-21(26)19-10-6-5-9-18(19)20(23-24)22(27)25-13-11-17(12-14-25)28-15-16-7-3-2-4-8-16/h2-10,17H,11-15H2,1H3. The molecule has 4 rings (SSSR count). The Hall–Kier alpha value is -2.99. The van der Waals surface area contributed by atoms with Gasteiger partial charge in [-0.15, -0.1) is 0 Å². The lowest BCUT2D eigenvalue weighted by Gasteiger charge is -2.32. The number of likely N-dealkylation sites (tertiary alicyclic amines) is 1. The van der Waals surface area contributed by atoms with Gasteiger partial charge in [-0.25, -0.2) is 4.68 Å². The molecule has 3 aromatic rings. The van der Waals surface area contributed by atoms with Crippen LogP contribution in [0.1, 0.15) is 28.9 Å². The van der Waals surface area contributed by atoms with Gasteiger partial charge < -0.3 is 9.64 Å². The Labute approximate surface area is 163 Å². The van der Waals surface area contributed by atoms with Crippen molar-refractivity contribution in [1.82, 2.24) is 14.7 Å². The summed E-state index contributed by atoms with van der Waals surface area (Å²) in [5.74, 6) is -0.131. The monoisotopic (exact) mass is 377 g/mol. The summed E-state index contributed by atoms with van der Waals surface area (Å²) in [4.78, 5) is 27.1. The summed E-state index contributed by atoms with van der Waals surface area (Å²) in [6.07, 6.45) is 1.74. The Bertz CT molecular complexity index is 1040. The van der Waals surface area contributed by atoms with Crippen molar-refractivity contribution in [1.29, 1.82) is 0 Å². The number of piperidine rings is 1. The van der Waals surface area contributed by atoms with Gasteiger partial charge in [0, 0.05) is 25.5 Å². The fourth-order valence-electron chi connectivity index (χ4n) is 3.62. The average molecular weight is 377 g/mol. The van der Waals surface area contributed by atoms with E-state index in [2.05, 4.69) is 17.2 Å². The largest absolute Gasteiger partial charge is 0.373 e. The Morgan fingerprint density at radius 3 is 2.39 bits per heavy atom. The lowest BCUT2D eigenvalue weighted by Crippen LogP contribution is -2.41. The molecule has 144 valence electrons. The maximum Gasteiger partial charge on any atom is 0.274 e. The van der Waals surface area contributed by atoms with Crippen LogP contribution in [0.25, 0.3) is 10.8 Å². The van der Waals surface area contributed by atoms with Crippen molar-refractivity contribution in [2.45, 2.75) is 25.6 Å². The van der Waals surface area contributed by atoms with Crippen LogP contribution in [-0.4, -0.2) is 39.8 Å². The third-order valence-corrected chi connectivity index (χ3v) is 5.22. The quantitative estimate of drug-likeness (QED) is 0.701. The number of fused-ring (bicyclic) bond motifs is 1. The lowest BCUT2D eigenvalue weighted by atomic mass is 10.1. The third-order valence-electron chi connectivity index (χ3n) is 5.22. The number of benzene rings is 2. The third kappa shape index (κ3) is 3.68. The predicted molar refractivity (Wildman–Crippen MR) is 107 cm³/mol. The molecule has 2 aromatic carbocycles. The number of nitrogens with zero attached hydrogens (tertiary/aromatic N) is 3. The zero-order valence-electron chi connectivity index (χ0n) is 15.9. The second kappa shape index (κ2) is 7.94. The summed E-state index contributed by atoms with van der Waals surface area (Å²) in [5, 5.41) is 5.38. The van der Waals surface area contributed by atoms with E-state index in [4.69, 9.17) is 4.74 Å². The molecule has 6 nitrogen and oxygen atoms in total. The Balaban J connectivity index is 1.44. The second-order valence-corrected chi connectivity index (χ2v) is 7.11. The topological polar surface area (TPSA) is 64.4 Å². The van der Waals surface area contributed by atoms with Crippen LogP contribution in [0.5, 0.6) is 0 Å². The molecule has 0 atom stereocenters. The molecule has 6 heteroatoms. The summed E-state index contributed by atoms with van der Waals surface area (Å²) in [5.41, 5.74) is 1.29. The summed E-state index contributed by atoms with van der Waals surface area (Å²) in [6.45, 7) is 1.83. The van der Waals surface area contributed by atoms with Gasteiger partial charge in [0.1, 0.15) is 0 Å². The van der Waals surface area contributed by atoms with Gasteiger partial charge >= 0.3 is 0 Å². The molecule has 0 spiro atoms. The molecule has 0 N–H and O–H groups in total. The van der Waals surface area contributed by atoms with E-state index in [1.165, 1.54) is 4.68 Å². The lowest BCUT2D eigenvalue weighted by molar-refractivity contribution is -0.000505. The van der Waals surface area contributed by atoms with Crippen molar-refractivity contribution < 1.29 is 9.53 Å². The minimum atomic E-state index is -0.194. The molecular weight excluding hydrogens is 354 g/mol. The number of rotatable bonds is 4. The summed E-state index contributed by atoms with van der Waals surface area (Å²) < 4.78 is 7.25. The van der Waals surface area contributed by atoms with Crippen LogP contribution in [-0.2, 0) is 18.4 Å². The van der Waals surface area contributed by atoms with Gasteiger partial charge in [-0.3, -0.25) is 9.59 Å². The molecule has 1 fully saturated rings. The molecule has 0 bridgehead atoms. The molecule has 1 aliphatic rings. The van der Waals surface area contributed by atoms with Crippen LogP contribution in [0, 0.1) is 0 Å². The maximum absolute atomic E-state index is 13.1. The number of hydrogen-bond donors (Lipinski definition) is 0. The first-order valence-electron chi connectivity index (χ1n) is 9.54. The fourth-order valence-corrected chi connectivity index (χ4v) is 3.62. The molecular formula is C22H23N3O3. The fraction of sp³-hybridized carbons (Fsp3) is 0.318. The van der Waals surface area contributed by atoms with Gasteiger partial charge in [-0.2, -0.15) is 5.10 Å². The maximum atomic E-state index is 13.1. The highest BCUT2D eigenvalue weighted by Gasteiger charge is 2.26. The van der Waals surface area contributed by atoms with Crippen LogP contribution >= 0.6 is 0 Å². The van der Waals surface area contributed by atoms with E-state index >= 15 is 0 Å². The van der Waals surface area contributed by atoms with Crippen molar-refractivity contribution in [3.8, 4) is 0 Å². The van der Waals surface area contributed by atoms with Crippen molar-refractivity contribution in [2.24, 2.45) is 7.05 Å². The number of amides is 1. The van der Waals surface area contributed by atoms with Gasteiger partial charge in [-0.05, 0) is 24.5 Å². The predicted octanol–water partition coefficient (Wildman–Crippen LogP) is 2.75. The van der Waals surface area contributed by atoms with Gasteiger partial charge in [0.05, 0.1) is 18.1 Å². The second-order valence-electron chi connectivity index (χ2n) is 7.11. The zero-order valence-corrected chi connectivity index (χ0v) is 15.9. The summed E-state index contributed by atoms with van der Waals surface area (Å²) in [7, 11) is 1.58.